The number of fused-ring (bicyclic) bond motifs is 20. The third-order valence-electron chi connectivity index (χ3n) is 16.2. The van der Waals surface area contributed by atoms with Gasteiger partial charge in [0.05, 0.1) is 11.0 Å². The smallest absolute Gasteiger partial charge is 0.333 e. The molecule has 3 aliphatic rings. The van der Waals surface area contributed by atoms with Gasteiger partial charge in [0.25, 0.3) is 0 Å². The van der Waals surface area contributed by atoms with E-state index in [1.807, 2.05) is 11.3 Å². The Bertz CT molecular complexity index is 4170. The number of aromatic nitrogens is 1. The molecule has 4 nitrogen and oxygen atoms in total. The lowest BCUT2D eigenvalue weighted by Crippen LogP contribution is -2.60. The molecule has 0 fully saturated rings. The van der Waals surface area contributed by atoms with Crippen molar-refractivity contribution in [3.05, 3.63) is 150 Å². The van der Waals surface area contributed by atoms with Gasteiger partial charge >= 0.3 is 6.85 Å². The predicted molar refractivity (Wildman–Crippen MR) is 281 cm³/mol. The summed E-state index contributed by atoms with van der Waals surface area (Å²) in [6, 6.07) is 50.6. The Hall–Kier alpha value is -6.76. The largest absolute Gasteiger partial charge is 0.456 e. The molecule has 0 spiro atoms. The predicted octanol–water partition coefficient (Wildman–Crippen LogP) is 15.8. The van der Waals surface area contributed by atoms with Crippen LogP contribution in [-0.2, 0) is 16.2 Å². The summed E-state index contributed by atoms with van der Waals surface area (Å²) in [6.07, 6.45) is 2.31. The fraction of sp³-hybridized carbons (Fsp3) is 0.200. The van der Waals surface area contributed by atoms with Gasteiger partial charge in [-0.2, -0.15) is 0 Å². The summed E-state index contributed by atoms with van der Waals surface area (Å²) in [5.41, 5.74) is 19.0. The first kappa shape index (κ1) is 37.5. The summed E-state index contributed by atoms with van der Waals surface area (Å²) in [5.74, 6) is 0. The molecule has 66 heavy (non-hydrogen) atoms. The number of rotatable bonds is 1. The number of benzene rings is 8. The number of furan rings is 2. The van der Waals surface area contributed by atoms with Crippen molar-refractivity contribution in [3.63, 3.8) is 0 Å². The summed E-state index contributed by atoms with van der Waals surface area (Å²) in [5, 5.41) is 9.80. The number of anilines is 2. The second kappa shape index (κ2) is 12.2. The standard InChI is InChI=1S/C60H47BN2O2S/c1-58(2,3)32-20-22-33(23-21-32)63-45-27-37-34-14-8-11-17-47(34)64-49(37)29-40(45)54-55-56-52(53-36-16-9-12-18-48(36)65-57(53)54)39-26-41-42(60(6,7)25-24-59(41,4)5)30-44(39)62(56)46-28-38-35-15-10-13-19-50(35)66-51(38)31-43(46)61(55)63/h8-23,26-31H,24-25H2,1-7H3. The third kappa shape index (κ3) is 4.65. The highest BCUT2D eigenvalue weighted by atomic mass is 32.1. The van der Waals surface area contributed by atoms with Gasteiger partial charge in [-0.3, -0.25) is 0 Å². The van der Waals surface area contributed by atoms with Gasteiger partial charge in [-0.15, -0.1) is 11.3 Å². The van der Waals surface area contributed by atoms with Crippen LogP contribution in [0, 0.1) is 0 Å². The molecule has 2 aliphatic heterocycles. The van der Waals surface area contributed by atoms with E-state index < -0.39 is 0 Å². The zero-order valence-electron chi connectivity index (χ0n) is 38.3. The maximum Gasteiger partial charge on any atom is 0.333 e. The van der Waals surface area contributed by atoms with Crippen LogP contribution < -0.4 is 15.7 Å². The van der Waals surface area contributed by atoms with Crippen molar-refractivity contribution in [3.8, 4) is 16.8 Å². The molecule has 0 saturated heterocycles. The molecule has 1 aliphatic carbocycles. The normalized spacial score (nSPS) is 16.2. The van der Waals surface area contributed by atoms with Crippen molar-refractivity contribution in [1.82, 2.24) is 4.57 Å². The molecule has 0 unspecified atom stereocenters. The van der Waals surface area contributed by atoms with E-state index in [0.29, 0.717) is 0 Å². The first-order valence-electron chi connectivity index (χ1n) is 23.7. The maximum absolute atomic E-state index is 7.34. The highest BCUT2D eigenvalue weighted by Gasteiger charge is 2.47. The number of thiophene rings is 1. The molecule has 0 radical (unpaired) electrons. The van der Waals surface area contributed by atoms with Gasteiger partial charge in [-0.05, 0) is 123 Å². The zero-order valence-corrected chi connectivity index (χ0v) is 39.1. The van der Waals surface area contributed by atoms with Gasteiger partial charge in [-0.1, -0.05) is 115 Å². The van der Waals surface area contributed by atoms with E-state index in [0.717, 1.165) is 73.8 Å². The van der Waals surface area contributed by atoms with Gasteiger partial charge in [0.1, 0.15) is 22.3 Å². The molecular weight excluding hydrogens is 824 g/mol. The molecule has 8 aromatic carbocycles. The van der Waals surface area contributed by atoms with Crippen molar-refractivity contribution < 1.29 is 8.83 Å². The van der Waals surface area contributed by atoms with Crippen molar-refractivity contribution in [2.45, 2.75) is 77.6 Å². The van der Waals surface area contributed by atoms with Crippen LogP contribution in [0.15, 0.2) is 142 Å². The minimum Gasteiger partial charge on any atom is -0.456 e. The Balaban J connectivity index is 1.20. The molecule has 0 bridgehead atoms. The molecule has 318 valence electrons. The van der Waals surface area contributed by atoms with E-state index in [1.165, 1.54) is 80.7 Å². The van der Waals surface area contributed by atoms with Gasteiger partial charge in [0, 0.05) is 80.7 Å². The average molecular weight is 871 g/mol. The van der Waals surface area contributed by atoms with Crippen LogP contribution in [0.25, 0.3) is 103 Å². The molecule has 0 N–H and O–H groups in total. The van der Waals surface area contributed by atoms with Crippen molar-refractivity contribution in [2.75, 3.05) is 4.81 Å². The lowest BCUT2D eigenvalue weighted by molar-refractivity contribution is 0.332. The summed E-state index contributed by atoms with van der Waals surface area (Å²) in [6.45, 7) is 16.6. The van der Waals surface area contributed by atoms with Crippen molar-refractivity contribution >= 4 is 126 Å². The van der Waals surface area contributed by atoms with E-state index in [4.69, 9.17) is 8.83 Å². The Morgan fingerprint density at radius 2 is 1.24 bits per heavy atom. The van der Waals surface area contributed by atoms with Crippen LogP contribution in [0.4, 0.5) is 11.4 Å². The van der Waals surface area contributed by atoms with Crippen LogP contribution in [-0.4, -0.2) is 11.4 Å². The van der Waals surface area contributed by atoms with Gasteiger partial charge in [-0.25, -0.2) is 0 Å². The molecule has 4 aromatic heterocycles. The molecule has 0 amide bonds. The number of para-hydroxylation sites is 2. The Morgan fingerprint density at radius 3 is 2.00 bits per heavy atom. The van der Waals surface area contributed by atoms with Gasteiger partial charge in [0.15, 0.2) is 0 Å². The molecule has 6 heteroatoms. The van der Waals surface area contributed by atoms with E-state index in [9.17, 15) is 0 Å². The summed E-state index contributed by atoms with van der Waals surface area (Å²) >= 11 is 1.91. The molecule has 0 saturated carbocycles. The van der Waals surface area contributed by atoms with E-state index in [-0.39, 0.29) is 23.1 Å². The molecule has 0 atom stereocenters. The zero-order chi connectivity index (χ0) is 44.3. The summed E-state index contributed by atoms with van der Waals surface area (Å²) in [4.78, 5) is 2.66. The van der Waals surface area contributed by atoms with E-state index in [1.54, 1.807) is 0 Å². The molecule has 6 heterocycles. The maximum atomic E-state index is 7.34. The minimum absolute atomic E-state index is 0.0132. The van der Waals surface area contributed by atoms with Crippen LogP contribution in [0.5, 0.6) is 0 Å². The summed E-state index contributed by atoms with van der Waals surface area (Å²) in [7, 11) is 0. The number of hydrogen-bond donors (Lipinski definition) is 0. The second-order valence-electron chi connectivity index (χ2n) is 21.9. The van der Waals surface area contributed by atoms with Crippen molar-refractivity contribution in [2.24, 2.45) is 0 Å². The SMILES string of the molecule is CC(C)(C)c1ccc(N2B3c4cc5sc6ccccc6c5cc4-n4c5cc6c(cc5c5c7c(oc8ccccc87)c(c3c54)-c3cc4oc5ccccc5c4cc32)C(C)(C)CCC6(C)C)cc1. The Labute approximate surface area is 387 Å². The minimum atomic E-state index is -0.173. The highest BCUT2D eigenvalue weighted by molar-refractivity contribution is 7.26. The average Bonchev–Trinajstić information content (AvgIpc) is 4.07. The molecular formula is C60H47BN2O2S. The fourth-order valence-corrected chi connectivity index (χ4v) is 13.8. The quantitative estimate of drug-likeness (QED) is 0.154. The lowest BCUT2D eigenvalue weighted by Gasteiger charge is -2.42. The van der Waals surface area contributed by atoms with Gasteiger partial charge in [0.2, 0.25) is 0 Å². The second-order valence-corrected chi connectivity index (χ2v) is 23.0. The van der Waals surface area contributed by atoms with Crippen LogP contribution >= 0.6 is 11.3 Å². The number of hydrogen-bond acceptors (Lipinski definition) is 4. The first-order valence-corrected chi connectivity index (χ1v) is 24.5. The van der Waals surface area contributed by atoms with E-state index >= 15 is 0 Å². The Kier molecular flexibility index (Phi) is 6.91. The summed E-state index contributed by atoms with van der Waals surface area (Å²) < 4.78 is 19.4. The van der Waals surface area contributed by atoms with Crippen LogP contribution in [0.3, 0.4) is 0 Å². The number of nitrogens with zero attached hydrogens (tertiary/aromatic N) is 2. The van der Waals surface area contributed by atoms with Crippen LogP contribution in [0.1, 0.15) is 78.0 Å². The lowest BCUT2D eigenvalue weighted by atomic mass is 9.43. The molecule has 12 aromatic rings. The van der Waals surface area contributed by atoms with Crippen LogP contribution in [0.2, 0.25) is 0 Å². The molecule has 15 rings (SSSR count). The third-order valence-corrected chi connectivity index (χ3v) is 17.3. The first-order chi connectivity index (χ1) is 31.8. The topological polar surface area (TPSA) is 34.5 Å². The van der Waals surface area contributed by atoms with Crippen molar-refractivity contribution in [1.29, 1.82) is 0 Å². The monoisotopic (exact) mass is 870 g/mol. The highest BCUT2D eigenvalue weighted by Crippen LogP contribution is 2.55. The van der Waals surface area contributed by atoms with E-state index in [2.05, 4.69) is 191 Å². The van der Waals surface area contributed by atoms with Gasteiger partial charge < -0.3 is 18.2 Å². The Morgan fingerprint density at radius 1 is 0.576 bits per heavy atom. The fourth-order valence-electron chi connectivity index (χ4n) is 12.7.